The smallest absolute Gasteiger partial charge is 0.317 e. The van der Waals surface area contributed by atoms with Gasteiger partial charge in [-0.3, -0.25) is 4.79 Å². The van der Waals surface area contributed by atoms with E-state index in [-0.39, 0.29) is 23.7 Å². The molecule has 26 heavy (non-hydrogen) atoms. The highest BCUT2D eigenvalue weighted by atomic mass is 16.2. The van der Waals surface area contributed by atoms with Gasteiger partial charge in [-0.1, -0.05) is 30.3 Å². The van der Waals surface area contributed by atoms with Gasteiger partial charge in [-0.25, -0.2) is 9.78 Å². The minimum atomic E-state index is -0.0514. The van der Waals surface area contributed by atoms with E-state index in [2.05, 4.69) is 27.4 Å². The Hall–Kier alpha value is -2.63. The summed E-state index contributed by atoms with van der Waals surface area (Å²) in [6, 6.07) is 10.3. The van der Waals surface area contributed by atoms with E-state index in [0.29, 0.717) is 25.2 Å². The summed E-state index contributed by atoms with van der Waals surface area (Å²) in [6.07, 6.45) is 4.01. The van der Waals surface area contributed by atoms with E-state index in [1.54, 1.807) is 6.92 Å². The first kappa shape index (κ1) is 16.8. The van der Waals surface area contributed by atoms with E-state index < -0.39 is 0 Å². The molecule has 0 saturated carbocycles. The minimum Gasteiger partial charge on any atom is -0.338 e. The van der Waals surface area contributed by atoms with Crippen LogP contribution < -0.4 is 10.9 Å². The first-order valence-electron chi connectivity index (χ1n) is 9.30. The van der Waals surface area contributed by atoms with Crippen molar-refractivity contribution >= 4 is 6.03 Å². The van der Waals surface area contributed by atoms with Gasteiger partial charge in [-0.2, -0.15) is 0 Å². The number of benzene rings is 1. The minimum absolute atomic E-state index is 0.0191. The predicted octanol–water partition coefficient (Wildman–Crippen LogP) is 1.96. The number of urea groups is 1. The van der Waals surface area contributed by atoms with Crippen LogP contribution in [0.3, 0.4) is 0 Å². The molecule has 3 heterocycles. The lowest BCUT2D eigenvalue weighted by molar-refractivity contribution is 0.174. The van der Waals surface area contributed by atoms with Crippen molar-refractivity contribution in [2.45, 2.75) is 51.1 Å². The number of rotatable bonds is 3. The van der Waals surface area contributed by atoms with E-state index in [1.165, 1.54) is 5.56 Å². The molecule has 2 aliphatic rings. The third kappa shape index (κ3) is 3.23. The van der Waals surface area contributed by atoms with Crippen molar-refractivity contribution < 1.29 is 4.79 Å². The van der Waals surface area contributed by atoms with Crippen molar-refractivity contribution in [3.8, 4) is 0 Å². The van der Waals surface area contributed by atoms with Gasteiger partial charge in [0.1, 0.15) is 5.82 Å². The van der Waals surface area contributed by atoms with E-state index in [9.17, 15) is 9.59 Å². The number of amides is 2. The summed E-state index contributed by atoms with van der Waals surface area (Å²) in [6.45, 7) is 2.42. The van der Waals surface area contributed by atoms with Crippen LogP contribution in [-0.4, -0.2) is 39.5 Å². The number of hydrogen-bond donors (Lipinski definition) is 2. The van der Waals surface area contributed by atoms with Crippen LogP contribution >= 0.6 is 0 Å². The maximum Gasteiger partial charge on any atom is 0.317 e. The normalized spacial score (nSPS) is 21.2. The Labute approximate surface area is 152 Å². The molecular weight excluding hydrogens is 328 g/mol. The summed E-state index contributed by atoms with van der Waals surface area (Å²) >= 11 is 0. The number of aryl methyl sites for hydroxylation is 1. The highest BCUT2D eigenvalue weighted by Crippen LogP contribution is 2.32. The molecule has 6 nitrogen and oxygen atoms in total. The Morgan fingerprint density at radius 3 is 2.73 bits per heavy atom. The Morgan fingerprint density at radius 2 is 1.96 bits per heavy atom. The van der Waals surface area contributed by atoms with Crippen LogP contribution in [0.1, 0.15) is 35.5 Å². The summed E-state index contributed by atoms with van der Waals surface area (Å²) < 4.78 is 0. The van der Waals surface area contributed by atoms with Gasteiger partial charge in [0.05, 0.1) is 5.69 Å². The summed E-state index contributed by atoms with van der Waals surface area (Å²) in [4.78, 5) is 34.4. The van der Waals surface area contributed by atoms with E-state index >= 15 is 0 Å². The number of carbonyl (C=O) groups excluding carboxylic acids is 1. The van der Waals surface area contributed by atoms with Crippen LogP contribution in [0.2, 0.25) is 0 Å². The second-order valence-corrected chi connectivity index (χ2v) is 7.24. The first-order chi connectivity index (χ1) is 12.6. The van der Waals surface area contributed by atoms with Crippen molar-refractivity contribution in [3.63, 3.8) is 0 Å². The molecule has 2 amide bonds. The third-order valence-electron chi connectivity index (χ3n) is 5.48. The molecular formula is C20H24N4O2. The molecule has 1 aromatic heterocycles. The highest BCUT2D eigenvalue weighted by molar-refractivity contribution is 5.75. The Morgan fingerprint density at radius 1 is 1.23 bits per heavy atom. The standard InChI is InChI=1S/C20H24N4O2/c1-13-22-18-12-16-8-7-15(11-17(18)19(25)23-13)24(16)20(26)21-10-9-14-5-3-2-4-6-14/h2-6,15-16H,7-12H2,1H3,(H,21,26)(H,22,23,25)/t15-,16+/m1/s1. The molecule has 2 aliphatic heterocycles. The maximum atomic E-state index is 12.8. The molecule has 4 rings (SSSR count). The van der Waals surface area contributed by atoms with Crippen LogP contribution in [-0.2, 0) is 19.3 Å². The summed E-state index contributed by atoms with van der Waals surface area (Å²) in [5, 5.41) is 3.06. The molecule has 2 atom stereocenters. The number of aromatic nitrogens is 2. The largest absolute Gasteiger partial charge is 0.338 e. The van der Waals surface area contributed by atoms with Crippen LogP contribution in [0.15, 0.2) is 35.1 Å². The number of H-pyrrole nitrogens is 1. The molecule has 2 aromatic rings. The van der Waals surface area contributed by atoms with E-state index in [0.717, 1.165) is 30.5 Å². The number of nitrogens with one attached hydrogen (secondary N) is 2. The van der Waals surface area contributed by atoms with Crippen molar-refractivity contribution in [2.75, 3.05) is 6.54 Å². The summed E-state index contributed by atoms with van der Waals surface area (Å²) in [5.74, 6) is 0.644. The van der Waals surface area contributed by atoms with Gasteiger partial charge in [0, 0.05) is 37.0 Å². The fraction of sp³-hybridized carbons (Fsp3) is 0.450. The number of aromatic amines is 1. The quantitative estimate of drug-likeness (QED) is 0.886. The number of fused-ring (bicyclic) bond motifs is 3. The lowest BCUT2D eigenvalue weighted by Gasteiger charge is -2.28. The molecule has 2 N–H and O–H groups in total. The molecule has 0 spiro atoms. The van der Waals surface area contributed by atoms with Crippen LogP contribution in [0.5, 0.6) is 0 Å². The number of hydrogen-bond acceptors (Lipinski definition) is 3. The molecule has 1 saturated heterocycles. The molecule has 6 heteroatoms. The zero-order valence-corrected chi connectivity index (χ0v) is 15.0. The monoisotopic (exact) mass is 352 g/mol. The zero-order valence-electron chi connectivity index (χ0n) is 15.0. The van der Waals surface area contributed by atoms with Crippen LogP contribution in [0, 0.1) is 6.92 Å². The molecule has 0 radical (unpaired) electrons. The fourth-order valence-electron chi connectivity index (χ4n) is 4.25. The lowest BCUT2D eigenvalue weighted by Crippen LogP contribution is -2.47. The van der Waals surface area contributed by atoms with Crippen molar-refractivity contribution in [1.29, 1.82) is 0 Å². The van der Waals surface area contributed by atoms with E-state index in [4.69, 9.17) is 0 Å². The molecule has 136 valence electrons. The van der Waals surface area contributed by atoms with E-state index in [1.807, 2.05) is 23.1 Å². The summed E-state index contributed by atoms with van der Waals surface area (Å²) in [5.41, 5.74) is 2.78. The average molecular weight is 352 g/mol. The third-order valence-corrected chi connectivity index (χ3v) is 5.48. The van der Waals surface area contributed by atoms with Gasteiger partial charge in [0.2, 0.25) is 0 Å². The molecule has 0 unspecified atom stereocenters. The number of nitrogens with zero attached hydrogens (tertiary/aromatic N) is 2. The maximum absolute atomic E-state index is 12.8. The van der Waals surface area contributed by atoms with Gasteiger partial charge in [-0.15, -0.1) is 0 Å². The van der Waals surface area contributed by atoms with Gasteiger partial charge < -0.3 is 15.2 Å². The van der Waals surface area contributed by atoms with Gasteiger partial charge in [-0.05, 0) is 31.7 Å². The second kappa shape index (κ2) is 6.94. The van der Waals surface area contributed by atoms with Crippen molar-refractivity contribution in [1.82, 2.24) is 20.2 Å². The van der Waals surface area contributed by atoms with Gasteiger partial charge in [0.15, 0.2) is 0 Å². The molecule has 2 bridgehead atoms. The second-order valence-electron chi connectivity index (χ2n) is 7.24. The Kier molecular flexibility index (Phi) is 4.49. The first-order valence-corrected chi connectivity index (χ1v) is 9.30. The van der Waals surface area contributed by atoms with Gasteiger partial charge >= 0.3 is 6.03 Å². The number of carbonyl (C=O) groups is 1. The van der Waals surface area contributed by atoms with Crippen LogP contribution in [0.25, 0.3) is 0 Å². The fourth-order valence-corrected chi connectivity index (χ4v) is 4.25. The molecule has 1 fully saturated rings. The zero-order chi connectivity index (χ0) is 18.1. The Bertz CT molecular complexity index is 862. The van der Waals surface area contributed by atoms with Crippen LogP contribution in [0.4, 0.5) is 4.79 Å². The SMILES string of the molecule is Cc1nc2c(c(=O)[nH]1)C[C@H]1CC[C@@H](C2)N1C(=O)NCCc1ccccc1. The lowest BCUT2D eigenvalue weighted by atomic mass is 9.98. The molecule has 1 aromatic carbocycles. The topological polar surface area (TPSA) is 78.1 Å². The van der Waals surface area contributed by atoms with Crippen molar-refractivity contribution in [3.05, 3.63) is 63.3 Å². The Balaban J connectivity index is 1.45. The molecule has 0 aliphatic carbocycles. The highest BCUT2D eigenvalue weighted by Gasteiger charge is 2.40. The van der Waals surface area contributed by atoms with Crippen molar-refractivity contribution in [2.24, 2.45) is 0 Å². The predicted molar refractivity (Wildman–Crippen MR) is 99.2 cm³/mol. The summed E-state index contributed by atoms with van der Waals surface area (Å²) in [7, 11) is 0. The average Bonchev–Trinajstić information content (AvgIpc) is 2.92. The van der Waals surface area contributed by atoms with Gasteiger partial charge in [0.25, 0.3) is 5.56 Å².